The summed E-state index contributed by atoms with van der Waals surface area (Å²) in [5, 5.41) is 6.81. The third-order valence-electron chi connectivity index (χ3n) is 4.72. The smallest absolute Gasteiger partial charge is 0.329 e. The molecule has 0 fully saturated rings. The highest BCUT2D eigenvalue weighted by molar-refractivity contribution is 7.89. The van der Waals surface area contributed by atoms with E-state index < -0.39 is 27.4 Å². The Morgan fingerprint density at radius 1 is 0.972 bits per heavy atom. The zero-order valence-electron chi connectivity index (χ0n) is 20.1. The molecule has 0 saturated carbocycles. The topological polar surface area (TPSA) is 121 Å². The van der Waals surface area contributed by atoms with Crippen LogP contribution in [-0.4, -0.2) is 36.3 Å². The van der Waals surface area contributed by atoms with Crippen molar-refractivity contribution < 1.29 is 22.4 Å². The van der Waals surface area contributed by atoms with Gasteiger partial charge in [0.25, 0.3) is 0 Å². The number of hydrogen-bond acceptors (Lipinski definition) is 6. The molecule has 0 aliphatic carbocycles. The molecule has 1 heterocycles. The van der Waals surface area contributed by atoms with Crippen LogP contribution in [0, 0.1) is 0 Å². The fourth-order valence-corrected chi connectivity index (χ4v) is 4.63. The van der Waals surface area contributed by atoms with Crippen LogP contribution >= 0.6 is 11.6 Å². The lowest BCUT2D eigenvalue weighted by Crippen LogP contribution is -2.47. The van der Waals surface area contributed by atoms with Gasteiger partial charge in [-0.2, -0.15) is 9.41 Å². The molecule has 3 aromatic rings. The average molecular weight is 531 g/mol. The summed E-state index contributed by atoms with van der Waals surface area (Å²) >= 11 is 5.97. The Hall–Kier alpha value is -3.47. The van der Waals surface area contributed by atoms with Crippen molar-refractivity contribution in [2.45, 2.75) is 44.3 Å². The van der Waals surface area contributed by atoms with Gasteiger partial charge in [0.05, 0.1) is 17.7 Å². The van der Waals surface area contributed by atoms with Crippen LogP contribution in [0.1, 0.15) is 37.9 Å². The zero-order chi connectivity index (χ0) is 26.3. The van der Waals surface area contributed by atoms with E-state index in [1.165, 1.54) is 22.7 Å². The number of furan rings is 1. The molecule has 0 saturated heterocycles. The number of carbonyl (C=O) groups is 2. The highest BCUT2D eigenvalue weighted by atomic mass is 35.5. The quantitative estimate of drug-likeness (QED) is 0.261. The van der Waals surface area contributed by atoms with Gasteiger partial charge in [0.1, 0.15) is 11.5 Å². The van der Waals surface area contributed by atoms with Crippen LogP contribution in [-0.2, 0) is 32.7 Å². The molecule has 0 radical (unpaired) electrons. The number of benzene rings is 2. The summed E-state index contributed by atoms with van der Waals surface area (Å²) in [4.78, 5) is 23.8. The van der Waals surface area contributed by atoms with Crippen molar-refractivity contribution in [3.8, 4) is 0 Å². The monoisotopic (exact) mass is 530 g/mol. The SMILES string of the molecule is CC(C)(C)NC(=O)C(=O)N/N=C/c1ccc(CN(Cc2ccc(Cl)cc2)S(=O)(=O)c2ccccc2)o1. The second kappa shape index (κ2) is 11.5. The number of nitrogens with zero attached hydrogens (tertiary/aromatic N) is 2. The number of amides is 2. The third kappa shape index (κ3) is 7.77. The van der Waals surface area contributed by atoms with E-state index in [1.54, 1.807) is 75.4 Å². The number of hydrogen-bond donors (Lipinski definition) is 2. The van der Waals surface area contributed by atoms with Gasteiger partial charge in [-0.05, 0) is 62.7 Å². The van der Waals surface area contributed by atoms with Gasteiger partial charge >= 0.3 is 11.8 Å². The van der Waals surface area contributed by atoms with Crippen LogP contribution in [0.2, 0.25) is 5.02 Å². The summed E-state index contributed by atoms with van der Waals surface area (Å²) in [7, 11) is -3.85. The summed E-state index contributed by atoms with van der Waals surface area (Å²) < 4.78 is 33.7. The molecule has 9 nitrogen and oxygen atoms in total. The van der Waals surface area contributed by atoms with Gasteiger partial charge in [-0.25, -0.2) is 13.8 Å². The van der Waals surface area contributed by atoms with Crippen LogP contribution in [0.25, 0.3) is 0 Å². The largest absolute Gasteiger partial charge is 0.459 e. The van der Waals surface area contributed by atoms with Crippen LogP contribution in [0.15, 0.2) is 81.1 Å². The van der Waals surface area contributed by atoms with Crippen molar-refractivity contribution >= 4 is 39.7 Å². The zero-order valence-corrected chi connectivity index (χ0v) is 21.6. The first-order valence-corrected chi connectivity index (χ1v) is 12.8. The van der Waals surface area contributed by atoms with E-state index in [4.69, 9.17) is 16.0 Å². The van der Waals surface area contributed by atoms with E-state index in [-0.39, 0.29) is 23.7 Å². The lowest BCUT2D eigenvalue weighted by Gasteiger charge is -2.21. The molecule has 190 valence electrons. The maximum Gasteiger partial charge on any atom is 0.329 e. The molecule has 0 bridgehead atoms. The maximum absolute atomic E-state index is 13.4. The molecule has 36 heavy (non-hydrogen) atoms. The van der Waals surface area contributed by atoms with E-state index in [2.05, 4.69) is 15.8 Å². The first-order valence-electron chi connectivity index (χ1n) is 11.0. The minimum atomic E-state index is -3.85. The fourth-order valence-electron chi connectivity index (χ4n) is 3.09. The number of nitrogens with one attached hydrogen (secondary N) is 2. The normalized spacial score (nSPS) is 12.1. The molecule has 0 unspecified atom stereocenters. The number of sulfonamides is 1. The Bertz CT molecular complexity index is 1330. The minimum absolute atomic E-state index is 0.0476. The Balaban J connectivity index is 1.74. The summed E-state index contributed by atoms with van der Waals surface area (Å²) in [5.41, 5.74) is 2.32. The van der Waals surface area contributed by atoms with Crippen LogP contribution < -0.4 is 10.7 Å². The molecule has 11 heteroatoms. The van der Waals surface area contributed by atoms with Gasteiger partial charge in [0.2, 0.25) is 10.0 Å². The first-order chi connectivity index (χ1) is 16.9. The molecule has 2 amide bonds. The molecule has 0 aliphatic rings. The van der Waals surface area contributed by atoms with Crippen LogP contribution in [0.5, 0.6) is 0 Å². The number of halogens is 1. The Morgan fingerprint density at radius 3 is 2.28 bits per heavy atom. The molecule has 0 aliphatic heterocycles. The standard InChI is InChI=1S/C25H27ClN4O5S/c1-25(2,3)28-23(31)24(32)29-27-15-20-13-14-21(35-20)17-30(16-18-9-11-19(26)12-10-18)36(33,34)22-7-5-4-6-8-22/h4-15H,16-17H2,1-3H3,(H,28,31)(H,29,32)/b27-15+. The van der Waals surface area contributed by atoms with E-state index >= 15 is 0 Å². The summed E-state index contributed by atoms with van der Waals surface area (Å²) in [6, 6.07) is 18.2. The lowest BCUT2D eigenvalue weighted by molar-refractivity contribution is -0.140. The van der Waals surface area contributed by atoms with Gasteiger partial charge in [0.15, 0.2) is 0 Å². The Morgan fingerprint density at radius 2 is 1.64 bits per heavy atom. The van der Waals surface area contributed by atoms with Gasteiger partial charge in [0, 0.05) is 17.1 Å². The van der Waals surface area contributed by atoms with Gasteiger partial charge in [-0.15, -0.1) is 0 Å². The predicted molar refractivity (Wildman–Crippen MR) is 137 cm³/mol. The molecular weight excluding hydrogens is 504 g/mol. The summed E-state index contributed by atoms with van der Waals surface area (Å²) in [5.74, 6) is -1.11. The Labute approximate surface area is 215 Å². The molecule has 0 atom stereocenters. The fraction of sp³-hybridized carbons (Fsp3) is 0.240. The van der Waals surface area contributed by atoms with E-state index in [0.717, 1.165) is 5.56 Å². The second-order valence-electron chi connectivity index (χ2n) is 8.92. The van der Waals surface area contributed by atoms with Crippen molar-refractivity contribution in [2.75, 3.05) is 0 Å². The van der Waals surface area contributed by atoms with Crippen molar-refractivity contribution in [1.82, 2.24) is 15.0 Å². The molecule has 2 N–H and O–H groups in total. The second-order valence-corrected chi connectivity index (χ2v) is 11.3. The van der Waals surface area contributed by atoms with E-state index in [0.29, 0.717) is 10.8 Å². The van der Waals surface area contributed by atoms with Crippen molar-refractivity contribution in [1.29, 1.82) is 0 Å². The van der Waals surface area contributed by atoms with E-state index in [1.807, 2.05) is 0 Å². The van der Waals surface area contributed by atoms with E-state index in [9.17, 15) is 18.0 Å². The summed E-state index contributed by atoms with van der Waals surface area (Å²) in [6.45, 7) is 5.30. The van der Waals surface area contributed by atoms with Gasteiger partial charge in [-0.3, -0.25) is 9.59 Å². The average Bonchev–Trinajstić information content (AvgIpc) is 3.26. The minimum Gasteiger partial charge on any atom is -0.459 e. The maximum atomic E-state index is 13.4. The molecule has 0 spiro atoms. The van der Waals surface area contributed by atoms with Gasteiger partial charge < -0.3 is 9.73 Å². The molecule has 2 aromatic carbocycles. The van der Waals surface area contributed by atoms with Crippen molar-refractivity contribution in [2.24, 2.45) is 5.10 Å². The van der Waals surface area contributed by atoms with Crippen molar-refractivity contribution in [3.63, 3.8) is 0 Å². The lowest BCUT2D eigenvalue weighted by atomic mass is 10.1. The third-order valence-corrected chi connectivity index (χ3v) is 6.78. The molecule has 1 aromatic heterocycles. The number of rotatable bonds is 8. The Kier molecular flexibility index (Phi) is 8.67. The van der Waals surface area contributed by atoms with Crippen LogP contribution in [0.4, 0.5) is 0 Å². The molecule has 3 rings (SSSR count). The predicted octanol–water partition coefficient (Wildman–Crippen LogP) is 3.69. The van der Waals surface area contributed by atoms with Gasteiger partial charge in [-0.1, -0.05) is 41.9 Å². The number of carbonyl (C=O) groups excluding carboxylic acids is 2. The summed E-state index contributed by atoms with van der Waals surface area (Å²) in [6.07, 6.45) is 1.22. The highest BCUT2D eigenvalue weighted by Gasteiger charge is 2.26. The highest BCUT2D eigenvalue weighted by Crippen LogP contribution is 2.22. The first kappa shape index (κ1) is 27.1. The van der Waals surface area contributed by atoms with Crippen molar-refractivity contribution in [3.05, 3.63) is 88.8 Å². The molecular formula is C25H27ClN4O5S. The number of hydrazone groups is 1. The van der Waals surface area contributed by atoms with Crippen LogP contribution in [0.3, 0.4) is 0 Å².